The largest absolute Gasteiger partial charge is 0.495 e. The topological polar surface area (TPSA) is 90.1 Å². The number of carbonyl (C=O) groups excluding carboxylic acids is 1. The summed E-state index contributed by atoms with van der Waals surface area (Å²) in [5.74, 6) is 0.738. The molecule has 0 spiro atoms. The van der Waals surface area contributed by atoms with Crippen LogP contribution in [0.2, 0.25) is 0 Å². The van der Waals surface area contributed by atoms with E-state index in [9.17, 15) is 4.79 Å². The van der Waals surface area contributed by atoms with Crippen LogP contribution >= 0.6 is 11.7 Å². The molecular formula is C21H14N4O3S. The zero-order chi connectivity index (χ0) is 19.8. The molecule has 1 amide bonds. The molecule has 0 aliphatic carbocycles. The Bertz CT molecular complexity index is 1330. The van der Waals surface area contributed by atoms with Gasteiger partial charge in [-0.25, -0.2) is 4.98 Å². The normalized spacial score (nSPS) is 11.1. The molecule has 0 saturated heterocycles. The minimum atomic E-state index is -0.270. The fourth-order valence-electron chi connectivity index (χ4n) is 3.05. The number of carbonyl (C=O) groups is 1. The van der Waals surface area contributed by atoms with Gasteiger partial charge in [-0.2, -0.15) is 8.75 Å². The van der Waals surface area contributed by atoms with E-state index in [-0.39, 0.29) is 5.91 Å². The number of ether oxygens (including phenoxy) is 1. The van der Waals surface area contributed by atoms with Crippen LogP contribution in [-0.2, 0) is 0 Å². The lowest BCUT2D eigenvalue weighted by Gasteiger charge is -2.11. The number of nitrogens with one attached hydrogen (secondary N) is 1. The van der Waals surface area contributed by atoms with Crippen LogP contribution in [0.4, 0.5) is 5.69 Å². The number of anilines is 1. The number of fused-ring (bicyclic) bond motifs is 2. The number of nitrogens with zero attached hydrogens (tertiary/aromatic N) is 3. The molecule has 0 radical (unpaired) electrons. The number of benzene rings is 3. The van der Waals surface area contributed by atoms with Crippen LogP contribution < -0.4 is 10.1 Å². The summed E-state index contributed by atoms with van der Waals surface area (Å²) in [4.78, 5) is 17.3. The van der Waals surface area contributed by atoms with Crippen LogP contribution in [0.1, 0.15) is 10.4 Å². The summed E-state index contributed by atoms with van der Waals surface area (Å²) in [6.07, 6.45) is 0. The summed E-state index contributed by atoms with van der Waals surface area (Å²) in [5, 5.41) is 2.90. The Kier molecular flexibility index (Phi) is 4.18. The number of amides is 1. The second-order valence-corrected chi connectivity index (χ2v) is 6.85. The molecule has 5 rings (SSSR count). The highest BCUT2D eigenvalue weighted by Crippen LogP contribution is 2.32. The van der Waals surface area contributed by atoms with Gasteiger partial charge in [-0.15, -0.1) is 0 Å². The van der Waals surface area contributed by atoms with Gasteiger partial charge in [0.15, 0.2) is 5.58 Å². The van der Waals surface area contributed by atoms with E-state index in [2.05, 4.69) is 19.0 Å². The highest BCUT2D eigenvalue weighted by Gasteiger charge is 2.15. The second kappa shape index (κ2) is 6.99. The molecule has 0 unspecified atom stereocenters. The molecule has 7 nitrogen and oxygen atoms in total. The quantitative estimate of drug-likeness (QED) is 0.466. The Labute approximate surface area is 169 Å². The smallest absolute Gasteiger partial charge is 0.255 e. The Morgan fingerprint density at radius 1 is 1.00 bits per heavy atom. The highest BCUT2D eigenvalue weighted by molar-refractivity contribution is 7.00. The third kappa shape index (κ3) is 3.19. The van der Waals surface area contributed by atoms with E-state index in [4.69, 9.17) is 9.15 Å². The van der Waals surface area contributed by atoms with E-state index in [0.29, 0.717) is 34.0 Å². The summed E-state index contributed by atoms with van der Waals surface area (Å²) in [6.45, 7) is 0. The van der Waals surface area contributed by atoms with Crippen molar-refractivity contribution in [2.75, 3.05) is 12.4 Å². The molecule has 0 saturated carbocycles. The van der Waals surface area contributed by atoms with Crippen LogP contribution in [0.25, 0.3) is 33.6 Å². The van der Waals surface area contributed by atoms with Crippen molar-refractivity contribution in [3.8, 4) is 17.2 Å². The first kappa shape index (κ1) is 17.3. The van der Waals surface area contributed by atoms with Gasteiger partial charge in [0.2, 0.25) is 5.89 Å². The fraction of sp³-hybridized carbons (Fsp3) is 0.0476. The van der Waals surface area contributed by atoms with Crippen molar-refractivity contribution in [3.63, 3.8) is 0 Å². The second-order valence-electron chi connectivity index (χ2n) is 6.32. The number of para-hydroxylation sites is 2. The van der Waals surface area contributed by atoms with Crippen LogP contribution in [0.5, 0.6) is 5.75 Å². The van der Waals surface area contributed by atoms with Gasteiger partial charge in [0.05, 0.1) is 24.5 Å². The standard InChI is InChI=1S/C21H14N4O3S/c1-27-18-9-7-13(21-23-15-4-2-3-5-19(15)28-21)11-17(18)22-20(26)12-6-8-14-16(10-12)25-29-24-14/h2-11H,1H3,(H,22,26). The summed E-state index contributed by atoms with van der Waals surface area (Å²) in [5.41, 5.74) is 4.67. The lowest BCUT2D eigenvalue weighted by Crippen LogP contribution is -2.12. The monoisotopic (exact) mass is 402 g/mol. The van der Waals surface area contributed by atoms with Gasteiger partial charge in [0.25, 0.3) is 5.91 Å². The van der Waals surface area contributed by atoms with Crippen LogP contribution in [0.15, 0.2) is 65.1 Å². The van der Waals surface area contributed by atoms with Gasteiger partial charge in [0.1, 0.15) is 22.3 Å². The summed E-state index contributed by atoms with van der Waals surface area (Å²) < 4.78 is 19.6. The molecule has 5 aromatic rings. The zero-order valence-corrected chi connectivity index (χ0v) is 16.1. The predicted octanol–water partition coefficient (Wildman–Crippen LogP) is 4.76. The minimum Gasteiger partial charge on any atom is -0.495 e. The summed E-state index contributed by atoms with van der Waals surface area (Å²) >= 11 is 1.12. The molecule has 0 atom stereocenters. The molecule has 142 valence electrons. The molecule has 0 bridgehead atoms. The van der Waals surface area contributed by atoms with Gasteiger partial charge in [-0.1, -0.05) is 12.1 Å². The molecule has 1 N–H and O–H groups in total. The van der Waals surface area contributed by atoms with Gasteiger partial charge in [-0.3, -0.25) is 4.79 Å². The first-order chi connectivity index (χ1) is 14.2. The predicted molar refractivity (Wildman–Crippen MR) is 111 cm³/mol. The minimum absolute atomic E-state index is 0.270. The number of hydrogen-bond donors (Lipinski definition) is 1. The van der Waals surface area contributed by atoms with Crippen molar-refractivity contribution in [1.82, 2.24) is 13.7 Å². The Balaban J connectivity index is 1.49. The number of oxazole rings is 1. The molecule has 8 heteroatoms. The van der Waals surface area contributed by atoms with Crippen LogP contribution in [0.3, 0.4) is 0 Å². The molecule has 0 fully saturated rings. The molecule has 29 heavy (non-hydrogen) atoms. The van der Waals surface area contributed by atoms with Gasteiger partial charge in [-0.05, 0) is 48.5 Å². The maximum atomic E-state index is 12.8. The average molecular weight is 402 g/mol. The first-order valence-electron chi connectivity index (χ1n) is 8.79. The molecular weight excluding hydrogens is 388 g/mol. The van der Waals surface area contributed by atoms with E-state index in [1.807, 2.05) is 30.3 Å². The van der Waals surface area contributed by atoms with Gasteiger partial charge in [0, 0.05) is 11.1 Å². The van der Waals surface area contributed by atoms with Crippen molar-refractivity contribution < 1.29 is 13.9 Å². The molecule has 2 heterocycles. The lowest BCUT2D eigenvalue weighted by atomic mass is 10.1. The number of aromatic nitrogens is 3. The SMILES string of the molecule is COc1ccc(-c2nc3ccccc3o2)cc1NC(=O)c1ccc2nsnc2c1. The van der Waals surface area contributed by atoms with E-state index < -0.39 is 0 Å². The highest BCUT2D eigenvalue weighted by atomic mass is 32.1. The van der Waals surface area contributed by atoms with E-state index in [0.717, 1.165) is 28.3 Å². The van der Waals surface area contributed by atoms with Gasteiger partial charge >= 0.3 is 0 Å². The number of methoxy groups -OCH3 is 1. The Morgan fingerprint density at radius 3 is 2.72 bits per heavy atom. The van der Waals surface area contributed by atoms with Crippen molar-refractivity contribution in [2.45, 2.75) is 0 Å². The van der Waals surface area contributed by atoms with Crippen molar-refractivity contribution in [1.29, 1.82) is 0 Å². The third-order valence-corrected chi connectivity index (χ3v) is 5.06. The van der Waals surface area contributed by atoms with E-state index >= 15 is 0 Å². The average Bonchev–Trinajstić information content (AvgIpc) is 3.39. The summed E-state index contributed by atoms with van der Waals surface area (Å²) in [6, 6.07) is 18.2. The zero-order valence-electron chi connectivity index (χ0n) is 15.2. The third-order valence-electron chi connectivity index (χ3n) is 4.50. The Hall–Kier alpha value is -3.78. The Morgan fingerprint density at radius 2 is 1.86 bits per heavy atom. The van der Waals surface area contributed by atoms with Crippen molar-refractivity contribution >= 4 is 45.5 Å². The molecule has 3 aromatic carbocycles. The van der Waals surface area contributed by atoms with Crippen molar-refractivity contribution in [3.05, 3.63) is 66.2 Å². The van der Waals surface area contributed by atoms with E-state index in [1.165, 1.54) is 0 Å². The molecule has 0 aliphatic heterocycles. The fourth-order valence-corrected chi connectivity index (χ4v) is 3.57. The molecule has 0 aliphatic rings. The first-order valence-corrected chi connectivity index (χ1v) is 9.52. The summed E-state index contributed by atoms with van der Waals surface area (Å²) in [7, 11) is 1.55. The lowest BCUT2D eigenvalue weighted by molar-refractivity contribution is 0.102. The van der Waals surface area contributed by atoms with E-state index in [1.54, 1.807) is 37.4 Å². The number of hydrogen-bond acceptors (Lipinski definition) is 7. The molecule has 2 aromatic heterocycles. The van der Waals surface area contributed by atoms with Crippen LogP contribution in [-0.4, -0.2) is 26.7 Å². The number of rotatable bonds is 4. The van der Waals surface area contributed by atoms with Crippen molar-refractivity contribution in [2.24, 2.45) is 0 Å². The van der Waals surface area contributed by atoms with Crippen LogP contribution in [0, 0.1) is 0 Å². The maximum Gasteiger partial charge on any atom is 0.255 e. The maximum absolute atomic E-state index is 12.8. The van der Waals surface area contributed by atoms with Gasteiger partial charge < -0.3 is 14.5 Å².